The molecule has 0 N–H and O–H groups in total. The molecule has 94 valence electrons. The first kappa shape index (κ1) is 14.3. The lowest BCUT2D eigenvalue weighted by Crippen LogP contribution is -1.94. The summed E-state index contributed by atoms with van der Waals surface area (Å²) in [5.41, 5.74) is 3.84. The van der Waals surface area contributed by atoms with Crippen molar-refractivity contribution in [2.75, 3.05) is 12.4 Å². The first-order valence-corrected chi connectivity index (χ1v) is 7.13. The summed E-state index contributed by atoms with van der Waals surface area (Å²) in [6.07, 6.45) is 3.29. The monoisotopic (exact) mass is 296 g/mol. The van der Waals surface area contributed by atoms with Crippen LogP contribution in [-0.4, -0.2) is 12.4 Å². The fourth-order valence-electron chi connectivity index (χ4n) is 1.77. The lowest BCUT2D eigenvalue weighted by Gasteiger charge is -2.13. The van der Waals surface area contributed by atoms with Crippen molar-refractivity contribution in [3.8, 4) is 5.75 Å². The van der Waals surface area contributed by atoms with Crippen LogP contribution in [0, 0.1) is 0 Å². The van der Waals surface area contributed by atoms with E-state index in [1.165, 1.54) is 16.7 Å². The molecule has 0 atom stereocenters. The Balaban J connectivity index is 3.13. The Morgan fingerprint density at radius 3 is 2.65 bits per heavy atom. The molecule has 0 spiro atoms. The van der Waals surface area contributed by atoms with Crippen molar-refractivity contribution in [2.45, 2.75) is 33.1 Å². The van der Waals surface area contributed by atoms with E-state index in [1.807, 2.05) is 0 Å². The predicted octanol–water partition coefficient (Wildman–Crippen LogP) is 5.01. The van der Waals surface area contributed by atoms with Gasteiger partial charge in [0.15, 0.2) is 0 Å². The minimum absolute atomic E-state index is 0.545. The smallest absolute Gasteiger partial charge is 0.126 e. The number of rotatable bonds is 5. The summed E-state index contributed by atoms with van der Waals surface area (Å²) in [7, 11) is 1.73. The molecule has 0 aliphatic heterocycles. The molecule has 0 saturated heterocycles. The number of allylic oxidation sites excluding steroid dienone is 2. The Bertz CT molecular complexity index is 394. The van der Waals surface area contributed by atoms with Crippen LogP contribution in [0.3, 0.4) is 0 Å². The molecular weight excluding hydrogens is 276 g/mol. The maximum absolute atomic E-state index is 5.43. The number of ether oxygens (including phenoxy) is 1. The molecule has 0 aliphatic carbocycles. The van der Waals surface area contributed by atoms with Crippen molar-refractivity contribution in [2.24, 2.45) is 0 Å². The molecule has 0 saturated carbocycles. The lowest BCUT2D eigenvalue weighted by atomic mass is 9.97. The van der Waals surface area contributed by atoms with Crippen LogP contribution < -0.4 is 4.74 Å². The van der Waals surface area contributed by atoms with Gasteiger partial charge in [0, 0.05) is 10.9 Å². The van der Waals surface area contributed by atoms with Crippen LogP contribution in [-0.2, 0) is 0 Å². The van der Waals surface area contributed by atoms with E-state index < -0.39 is 0 Å². The van der Waals surface area contributed by atoms with Crippen molar-refractivity contribution >= 4 is 21.5 Å². The Morgan fingerprint density at radius 2 is 2.12 bits per heavy atom. The molecule has 0 heterocycles. The number of hydrogen-bond donors (Lipinski definition) is 0. The molecule has 0 radical (unpaired) electrons. The third-order valence-electron chi connectivity index (χ3n) is 2.87. The van der Waals surface area contributed by atoms with Gasteiger partial charge in [-0.05, 0) is 42.5 Å². The maximum atomic E-state index is 5.43. The summed E-state index contributed by atoms with van der Waals surface area (Å²) in [5.74, 6) is 1.50. The third-order valence-corrected chi connectivity index (χ3v) is 3.33. The van der Waals surface area contributed by atoms with Gasteiger partial charge in [0.2, 0.25) is 0 Å². The highest BCUT2D eigenvalue weighted by molar-refractivity contribution is 9.09. The molecule has 1 nitrogen and oxygen atoms in total. The zero-order chi connectivity index (χ0) is 12.8. The van der Waals surface area contributed by atoms with Gasteiger partial charge >= 0.3 is 0 Å². The van der Waals surface area contributed by atoms with Gasteiger partial charge in [0.25, 0.3) is 0 Å². The van der Waals surface area contributed by atoms with Crippen LogP contribution >= 0.6 is 15.9 Å². The highest BCUT2D eigenvalue weighted by Crippen LogP contribution is 2.29. The topological polar surface area (TPSA) is 9.23 Å². The van der Waals surface area contributed by atoms with Crippen molar-refractivity contribution in [1.82, 2.24) is 0 Å². The molecule has 0 aliphatic rings. The molecule has 0 aromatic heterocycles. The summed E-state index contributed by atoms with van der Waals surface area (Å²) < 4.78 is 5.43. The Morgan fingerprint density at radius 1 is 1.41 bits per heavy atom. The Labute approximate surface area is 113 Å². The minimum Gasteiger partial charge on any atom is -0.496 e. The molecule has 1 rings (SSSR count). The van der Waals surface area contributed by atoms with Gasteiger partial charge in [0.05, 0.1) is 7.11 Å². The van der Waals surface area contributed by atoms with Crippen LogP contribution in [0.25, 0.3) is 5.57 Å². The van der Waals surface area contributed by atoms with E-state index in [0.717, 1.165) is 17.5 Å². The van der Waals surface area contributed by atoms with E-state index >= 15 is 0 Å². The Kier molecular flexibility index (Phi) is 5.76. The second kappa shape index (κ2) is 6.85. The largest absolute Gasteiger partial charge is 0.496 e. The molecule has 1 aromatic carbocycles. The van der Waals surface area contributed by atoms with E-state index in [1.54, 1.807) is 7.11 Å². The third kappa shape index (κ3) is 3.88. The number of methoxy groups -OCH3 is 1. The van der Waals surface area contributed by atoms with Gasteiger partial charge in [-0.15, -0.1) is 0 Å². The van der Waals surface area contributed by atoms with Crippen LogP contribution in [0.5, 0.6) is 5.75 Å². The lowest BCUT2D eigenvalue weighted by molar-refractivity contribution is 0.413. The van der Waals surface area contributed by atoms with Gasteiger partial charge in [-0.25, -0.2) is 0 Å². The average molecular weight is 297 g/mol. The molecule has 0 fully saturated rings. The van der Waals surface area contributed by atoms with E-state index in [4.69, 9.17) is 4.74 Å². The van der Waals surface area contributed by atoms with E-state index in [2.05, 4.69) is 61.0 Å². The summed E-state index contributed by atoms with van der Waals surface area (Å²) in [5, 5.41) is 0.997. The number of benzene rings is 1. The van der Waals surface area contributed by atoms with Crippen LogP contribution in [0.2, 0.25) is 0 Å². The fraction of sp³-hybridized carbons (Fsp3) is 0.467. The first-order valence-electron chi connectivity index (χ1n) is 6.01. The van der Waals surface area contributed by atoms with E-state index in [0.29, 0.717) is 5.92 Å². The summed E-state index contributed by atoms with van der Waals surface area (Å²) in [6.45, 7) is 6.57. The molecule has 0 unspecified atom stereocenters. The summed E-state index contributed by atoms with van der Waals surface area (Å²) in [6, 6.07) is 6.45. The van der Waals surface area contributed by atoms with Crippen molar-refractivity contribution in [3.63, 3.8) is 0 Å². The minimum atomic E-state index is 0.545. The van der Waals surface area contributed by atoms with Gasteiger partial charge < -0.3 is 4.74 Å². The fourth-order valence-corrected chi connectivity index (χ4v) is 2.00. The van der Waals surface area contributed by atoms with Crippen molar-refractivity contribution < 1.29 is 4.74 Å². The predicted molar refractivity (Wildman–Crippen MR) is 79.1 cm³/mol. The van der Waals surface area contributed by atoms with E-state index in [-0.39, 0.29) is 0 Å². The Hall–Kier alpha value is -0.760. The van der Waals surface area contributed by atoms with Crippen LogP contribution in [0.1, 0.15) is 44.2 Å². The number of alkyl halides is 1. The zero-order valence-corrected chi connectivity index (χ0v) is 12.7. The highest BCUT2D eigenvalue weighted by atomic mass is 79.9. The van der Waals surface area contributed by atoms with Crippen LogP contribution in [0.4, 0.5) is 0 Å². The van der Waals surface area contributed by atoms with Crippen molar-refractivity contribution in [3.05, 3.63) is 35.4 Å². The van der Waals surface area contributed by atoms with Gasteiger partial charge in [-0.1, -0.05) is 41.9 Å². The molecule has 0 bridgehead atoms. The molecule has 0 amide bonds. The van der Waals surface area contributed by atoms with Gasteiger partial charge in [0.1, 0.15) is 5.75 Å². The number of hydrogen-bond acceptors (Lipinski definition) is 1. The second-order valence-electron chi connectivity index (χ2n) is 4.48. The summed E-state index contributed by atoms with van der Waals surface area (Å²) >= 11 is 3.45. The highest BCUT2D eigenvalue weighted by Gasteiger charge is 2.08. The van der Waals surface area contributed by atoms with Crippen LogP contribution in [0.15, 0.2) is 24.3 Å². The van der Waals surface area contributed by atoms with Crippen molar-refractivity contribution in [1.29, 1.82) is 0 Å². The normalized spacial score (nSPS) is 12.0. The molecule has 2 heteroatoms. The zero-order valence-electron chi connectivity index (χ0n) is 11.1. The SMILES string of the molecule is COc1ccc(C(C)C)cc1/C(C)=C/CCBr. The average Bonchev–Trinajstić information content (AvgIpc) is 2.34. The van der Waals surface area contributed by atoms with Gasteiger partial charge in [-0.3, -0.25) is 0 Å². The summed E-state index contributed by atoms with van der Waals surface area (Å²) in [4.78, 5) is 0. The quantitative estimate of drug-likeness (QED) is 0.694. The first-order chi connectivity index (χ1) is 8.10. The standard InChI is InChI=1S/C15H21BrO/c1-11(2)13-7-8-15(17-4)14(10-13)12(3)6-5-9-16/h6-8,10-11H,5,9H2,1-4H3/b12-6+. The number of halogens is 1. The molecular formula is C15H21BrO. The van der Waals surface area contributed by atoms with E-state index in [9.17, 15) is 0 Å². The maximum Gasteiger partial charge on any atom is 0.126 e. The molecule has 1 aromatic rings. The molecule has 17 heavy (non-hydrogen) atoms. The second-order valence-corrected chi connectivity index (χ2v) is 5.27. The van der Waals surface area contributed by atoms with Gasteiger partial charge in [-0.2, -0.15) is 0 Å².